The molecule has 1 rings (SSSR count). The summed E-state index contributed by atoms with van der Waals surface area (Å²) in [6.07, 6.45) is 2.40. The van der Waals surface area contributed by atoms with Crippen molar-refractivity contribution in [3.05, 3.63) is 0 Å². The van der Waals surface area contributed by atoms with Crippen molar-refractivity contribution in [1.82, 2.24) is 15.1 Å². The van der Waals surface area contributed by atoms with E-state index in [2.05, 4.69) is 37.9 Å². The zero-order valence-electron chi connectivity index (χ0n) is 12.6. The fourth-order valence-corrected chi connectivity index (χ4v) is 2.88. The number of nitrogens with one attached hydrogen (secondary N) is 1. The molecular weight excluding hydrogens is 226 g/mol. The fourth-order valence-electron chi connectivity index (χ4n) is 2.88. The quantitative estimate of drug-likeness (QED) is 0.805. The summed E-state index contributed by atoms with van der Waals surface area (Å²) in [4.78, 5) is 16.6. The molecule has 1 fully saturated rings. The lowest BCUT2D eigenvalue weighted by Gasteiger charge is -2.36. The maximum atomic E-state index is 12.4. The summed E-state index contributed by atoms with van der Waals surface area (Å²) in [5.41, 5.74) is 0. The molecule has 0 aromatic heterocycles. The predicted octanol–water partition coefficient (Wildman–Crippen LogP) is 1.32. The van der Waals surface area contributed by atoms with Crippen LogP contribution < -0.4 is 5.32 Å². The van der Waals surface area contributed by atoms with Gasteiger partial charge in [-0.1, -0.05) is 0 Å². The van der Waals surface area contributed by atoms with Crippen molar-refractivity contribution in [2.45, 2.75) is 58.7 Å². The third kappa shape index (κ3) is 4.25. The smallest absolute Gasteiger partial charge is 0.237 e. The van der Waals surface area contributed by atoms with Gasteiger partial charge in [-0.05, 0) is 54.1 Å². The van der Waals surface area contributed by atoms with Gasteiger partial charge >= 0.3 is 0 Å². The van der Waals surface area contributed by atoms with Crippen LogP contribution in [0, 0.1) is 0 Å². The van der Waals surface area contributed by atoms with Crippen molar-refractivity contribution in [3.8, 4) is 0 Å². The average Bonchev–Trinajstić information content (AvgIpc) is 2.28. The molecule has 1 aliphatic heterocycles. The monoisotopic (exact) mass is 255 g/mol. The molecule has 18 heavy (non-hydrogen) atoms. The van der Waals surface area contributed by atoms with E-state index in [1.165, 1.54) is 12.8 Å². The SMILES string of the molecule is CNC1CCCN(CC(=O)N(C(C)C)C(C)C)C1. The van der Waals surface area contributed by atoms with Gasteiger partial charge in [-0.2, -0.15) is 0 Å². The van der Waals surface area contributed by atoms with E-state index in [9.17, 15) is 4.79 Å². The van der Waals surface area contributed by atoms with Gasteiger partial charge in [0.15, 0.2) is 0 Å². The minimum absolute atomic E-state index is 0.261. The molecule has 0 bridgehead atoms. The summed E-state index contributed by atoms with van der Waals surface area (Å²) in [6.45, 7) is 11.0. The molecule has 0 radical (unpaired) electrons. The second-order valence-electron chi connectivity index (χ2n) is 5.85. The van der Waals surface area contributed by atoms with Crippen molar-refractivity contribution < 1.29 is 4.79 Å². The summed E-state index contributed by atoms with van der Waals surface area (Å²) in [7, 11) is 2.00. The Kier molecular flexibility index (Phi) is 6.09. The van der Waals surface area contributed by atoms with Gasteiger partial charge in [-0.25, -0.2) is 0 Å². The second-order valence-corrected chi connectivity index (χ2v) is 5.85. The molecule has 1 atom stereocenters. The van der Waals surface area contributed by atoms with Gasteiger partial charge in [0.1, 0.15) is 0 Å². The van der Waals surface area contributed by atoms with Crippen LogP contribution in [-0.4, -0.2) is 60.5 Å². The number of carbonyl (C=O) groups is 1. The van der Waals surface area contributed by atoms with Crippen LogP contribution >= 0.6 is 0 Å². The van der Waals surface area contributed by atoms with Crippen molar-refractivity contribution in [2.75, 3.05) is 26.7 Å². The van der Waals surface area contributed by atoms with Gasteiger partial charge in [-0.3, -0.25) is 9.69 Å². The lowest BCUT2D eigenvalue weighted by molar-refractivity contribution is -0.136. The number of nitrogens with zero attached hydrogens (tertiary/aromatic N) is 2. The minimum atomic E-state index is 0.261. The highest BCUT2D eigenvalue weighted by Gasteiger charge is 2.25. The highest BCUT2D eigenvalue weighted by molar-refractivity contribution is 5.78. The van der Waals surface area contributed by atoms with Crippen molar-refractivity contribution in [2.24, 2.45) is 0 Å². The Balaban J connectivity index is 2.52. The summed E-state index contributed by atoms with van der Waals surface area (Å²) >= 11 is 0. The number of likely N-dealkylation sites (tertiary alicyclic amines) is 1. The van der Waals surface area contributed by atoms with Crippen LogP contribution in [-0.2, 0) is 4.79 Å². The largest absolute Gasteiger partial charge is 0.337 e. The molecule has 1 amide bonds. The molecular formula is C14H29N3O. The highest BCUT2D eigenvalue weighted by Crippen LogP contribution is 2.12. The first-order valence-electron chi connectivity index (χ1n) is 7.16. The number of likely N-dealkylation sites (N-methyl/N-ethyl adjacent to an activating group) is 1. The Morgan fingerprint density at radius 3 is 2.44 bits per heavy atom. The number of hydrogen-bond acceptors (Lipinski definition) is 3. The minimum Gasteiger partial charge on any atom is -0.337 e. The van der Waals surface area contributed by atoms with Gasteiger partial charge in [-0.15, -0.1) is 0 Å². The molecule has 0 saturated carbocycles. The molecule has 0 aliphatic carbocycles. The standard InChI is InChI=1S/C14H29N3O/c1-11(2)17(12(3)4)14(18)10-16-8-6-7-13(9-16)15-5/h11-13,15H,6-10H2,1-5H3. The third-order valence-corrected chi connectivity index (χ3v) is 3.67. The van der Waals surface area contributed by atoms with Crippen LogP contribution in [0.4, 0.5) is 0 Å². The molecule has 0 aromatic carbocycles. The van der Waals surface area contributed by atoms with E-state index >= 15 is 0 Å². The van der Waals surface area contributed by atoms with E-state index < -0.39 is 0 Å². The van der Waals surface area contributed by atoms with Crippen molar-refractivity contribution in [1.29, 1.82) is 0 Å². The van der Waals surface area contributed by atoms with Crippen LogP contribution in [0.15, 0.2) is 0 Å². The zero-order chi connectivity index (χ0) is 13.7. The molecule has 1 aliphatic rings. The maximum Gasteiger partial charge on any atom is 0.237 e. The van der Waals surface area contributed by atoms with E-state index in [-0.39, 0.29) is 18.0 Å². The lowest BCUT2D eigenvalue weighted by Crippen LogP contribution is -2.51. The van der Waals surface area contributed by atoms with Gasteiger partial charge in [0, 0.05) is 24.7 Å². The Morgan fingerprint density at radius 2 is 1.94 bits per heavy atom. The van der Waals surface area contributed by atoms with E-state index in [1.807, 2.05) is 11.9 Å². The van der Waals surface area contributed by atoms with Crippen LogP contribution in [0.3, 0.4) is 0 Å². The second kappa shape index (κ2) is 7.10. The van der Waals surface area contributed by atoms with Crippen LogP contribution in [0.5, 0.6) is 0 Å². The Morgan fingerprint density at radius 1 is 1.33 bits per heavy atom. The number of amides is 1. The zero-order valence-corrected chi connectivity index (χ0v) is 12.6. The lowest BCUT2D eigenvalue weighted by atomic mass is 10.1. The van der Waals surface area contributed by atoms with Gasteiger partial charge in [0.05, 0.1) is 6.54 Å². The number of piperidine rings is 1. The maximum absolute atomic E-state index is 12.4. The van der Waals surface area contributed by atoms with Gasteiger partial charge < -0.3 is 10.2 Å². The molecule has 1 N–H and O–H groups in total. The van der Waals surface area contributed by atoms with Crippen LogP contribution in [0.2, 0.25) is 0 Å². The molecule has 1 unspecified atom stereocenters. The topological polar surface area (TPSA) is 35.6 Å². The molecule has 1 heterocycles. The molecule has 4 nitrogen and oxygen atoms in total. The first-order chi connectivity index (χ1) is 8.45. The van der Waals surface area contributed by atoms with E-state index in [0.717, 1.165) is 13.1 Å². The van der Waals surface area contributed by atoms with Gasteiger partial charge in [0.25, 0.3) is 0 Å². The first-order valence-corrected chi connectivity index (χ1v) is 7.16. The van der Waals surface area contributed by atoms with Crippen molar-refractivity contribution >= 4 is 5.91 Å². The van der Waals surface area contributed by atoms with Crippen molar-refractivity contribution in [3.63, 3.8) is 0 Å². The van der Waals surface area contributed by atoms with Crippen LogP contribution in [0.25, 0.3) is 0 Å². The molecule has 106 valence electrons. The Labute approximate surface area is 112 Å². The van der Waals surface area contributed by atoms with E-state index in [0.29, 0.717) is 12.6 Å². The number of carbonyl (C=O) groups excluding carboxylic acids is 1. The number of rotatable bonds is 5. The fraction of sp³-hybridized carbons (Fsp3) is 0.929. The predicted molar refractivity (Wildman–Crippen MR) is 75.6 cm³/mol. The Bertz CT molecular complexity index is 258. The van der Waals surface area contributed by atoms with Gasteiger partial charge in [0.2, 0.25) is 5.91 Å². The first kappa shape index (κ1) is 15.4. The van der Waals surface area contributed by atoms with Crippen LogP contribution in [0.1, 0.15) is 40.5 Å². The Hall–Kier alpha value is -0.610. The normalized spacial score (nSPS) is 21.6. The summed E-state index contributed by atoms with van der Waals surface area (Å²) in [6, 6.07) is 1.10. The third-order valence-electron chi connectivity index (χ3n) is 3.67. The summed E-state index contributed by atoms with van der Waals surface area (Å²) in [5.74, 6) is 0.261. The van der Waals surface area contributed by atoms with E-state index in [4.69, 9.17) is 0 Å². The summed E-state index contributed by atoms with van der Waals surface area (Å²) in [5, 5.41) is 3.32. The highest BCUT2D eigenvalue weighted by atomic mass is 16.2. The molecule has 4 heteroatoms. The van der Waals surface area contributed by atoms with E-state index in [1.54, 1.807) is 0 Å². The number of hydrogen-bond donors (Lipinski definition) is 1. The molecule has 0 spiro atoms. The average molecular weight is 255 g/mol. The molecule has 1 saturated heterocycles. The summed E-state index contributed by atoms with van der Waals surface area (Å²) < 4.78 is 0. The molecule has 0 aromatic rings.